The van der Waals surface area contributed by atoms with Crippen molar-refractivity contribution in [3.63, 3.8) is 0 Å². The summed E-state index contributed by atoms with van der Waals surface area (Å²) in [7, 11) is 0. The molecule has 1 atom stereocenters. The number of rotatable bonds is 7. The van der Waals surface area contributed by atoms with Crippen LogP contribution >= 0.6 is 0 Å². The molecule has 1 rings (SSSR count). The van der Waals surface area contributed by atoms with E-state index in [-0.39, 0.29) is 17.2 Å². The second kappa shape index (κ2) is 8.75. The molecule has 1 amide bonds. The standard InChI is InChI=1S/C21H27F2NO/c1-7-14(4)19-11-10-16(12-15(19)5)20(25)24-18(9-3)13-17(8-2)21(6,22)23/h8-14H,3,7H2,1-2,4-6H3,(H,24,25)/b17-8+,18-13+. The van der Waals surface area contributed by atoms with E-state index >= 15 is 0 Å². The second-order valence-electron chi connectivity index (χ2n) is 6.27. The van der Waals surface area contributed by atoms with Crippen LogP contribution in [0, 0.1) is 6.92 Å². The van der Waals surface area contributed by atoms with Crippen molar-refractivity contribution in [1.82, 2.24) is 5.32 Å². The number of nitrogens with one attached hydrogen (secondary N) is 1. The van der Waals surface area contributed by atoms with Gasteiger partial charge in [0.05, 0.1) is 0 Å². The Morgan fingerprint density at radius 3 is 2.48 bits per heavy atom. The Bertz CT molecular complexity index is 696. The van der Waals surface area contributed by atoms with Gasteiger partial charge in [-0.25, -0.2) is 8.78 Å². The Balaban J connectivity index is 3.04. The number of allylic oxidation sites excluding steroid dienone is 4. The highest BCUT2D eigenvalue weighted by Crippen LogP contribution is 2.25. The number of benzene rings is 1. The average molecular weight is 347 g/mol. The molecular weight excluding hydrogens is 320 g/mol. The van der Waals surface area contributed by atoms with Crippen molar-refractivity contribution in [2.45, 2.75) is 52.9 Å². The van der Waals surface area contributed by atoms with Gasteiger partial charge in [0.15, 0.2) is 0 Å². The third kappa shape index (κ3) is 5.66. The summed E-state index contributed by atoms with van der Waals surface area (Å²) in [6.07, 6.45) is 4.94. The lowest BCUT2D eigenvalue weighted by molar-refractivity contribution is 0.0671. The van der Waals surface area contributed by atoms with Crippen LogP contribution in [-0.2, 0) is 0 Å². The SMILES string of the molecule is C=C/C(=C\C(=C/C)C(C)(F)F)NC(=O)c1ccc(C(C)CC)c(C)c1. The number of hydrogen-bond donors (Lipinski definition) is 1. The zero-order valence-electron chi connectivity index (χ0n) is 15.6. The summed E-state index contributed by atoms with van der Waals surface area (Å²) < 4.78 is 27.0. The molecular formula is C21H27F2NO. The molecule has 0 saturated heterocycles. The predicted octanol–water partition coefficient (Wildman–Crippen LogP) is 5.91. The molecule has 0 aliphatic heterocycles. The van der Waals surface area contributed by atoms with Crippen LogP contribution in [0.5, 0.6) is 0 Å². The number of hydrogen-bond acceptors (Lipinski definition) is 1. The molecule has 0 aliphatic carbocycles. The molecule has 0 aliphatic rings. The van der Waals surface area contributed by atoms with E-state index in [0.717, 1.165) is 18.9 Å². The lowest BCUT2D eigenvalue weighted by Gasteiger charge is -2.15. The maximum absolute atomic E-state index is 13.5. The highest BCUT2D eigenvalue weighted by atomic mass is 19.3. The molecule has 2 nitrogen and oxygen atoms in total. The highest BCUT2D eigenvalue weighted by molar-refractivity contribution is 5.95. The fourth-order valence-corrected chi connectivity index (χ4v) is 2.57. The average Bonchev–Trinajstić information content (AvgIpc) is 2.56. The van der Waals surface area contributed by atoms with Crippen molar-refractivity contribution in [2.75, 3.05) is 0 Å². The van der Waals surface area contributed by atoms with E-state index in [1.54, 1.807) is 6.07 Å². The number of carbonyl (C=O) groups is 1. The Morgan fingerprint density at radius 1 is 1.40 bits per heavy atom. The smallest absolute Gasteiger partial charge is 0.270 e. The van der Waals surface area contributed by atoms with Crippen LogP contribution in [0.15, 0.2) is 54.3 Å². The van der Waals surface area contributed by atoms with Gasteiger partial charge in [-0.2, -0.15) is 0 Å². The predicted molar refractivity (Wildman–Crippen MR) is 100 cm³/mol. The topological polar surface area (TPSA) is 29.1 Å². The Kier molecular flexibility index (Phi) is 7.28. The summed E-state index contributed by atoms with van der Waals surface area (Å²) in [4.78, 5) is 12.4. The van der Waals surface area contributed by atoms with E-state index in [2.05, 4.69) is 25.7 Å². The van der Waals surface area contributed by atoms with Gasteiger partial charge in [0.2, 0.25) is 0 Å². The van der Waals surface area contributed by atoms with Crippen LogP contribution < -0.4 is 5.32 Å². The summed E-state index contributed by atoms with van der Waals surface area (Å²) >= 11 is 0. The minimum atomic E-state index is -2.98. The second-order valence-corrected chi connectivity index (χ2v) is 6.27. The van der Waals surface area contributed by atoms with Gasteiger partial charge in [0.25, 0.3) is 11.8 Å². The van der Waals surface area contributed by atoms with E-state index in [1.807, 2.05) is 19.1 Å². The largest absolute Gasteiger partial charge is 0.322 e. The molecule has 0 heterocycles. The van der Waals surface area contributed by atoms with Crippen LogP contribution in [0.4, 0.5) is 8.78 Å². The van der Waals surface area contributed by atoms with Crippen LogP contribution in [0.25, 0.3) is 0 Å². The van der Waals surface area contributed by atoms with Gasteiger partial charge in [-0.05, 0) is 61.6 Å². The molecule has 1 aromatic rings. The van der Waals surface area contributed by atoms with Gasteiger partial charge in [-0.1, -0.05) is 32.6 Å². The van der Waals surface area contributed by atoms with Gasteiger partial charge in [0, 0.05) is 23.8 Å². The first-order valence-electron chi connectivity index (χ1n) is 8.44. The van der Waals surface area contributed by atoms with Gasteiger partial charge >= 0.3 is 0 Å². The highest BCUT2D eigenvalue weighted by Gasteiger charge is 2.25. The van der Waals surface area contributed by atoms with Crippen molar-refractivity contribution in [3.05, 3.63) is 71.0 Å². The normalized spacial score (nSPS) is 14.2. The first-order valence-corrected chi connectivity index (χ1v) is 8.44. The van der Waals surface area contributed by atoms with Crippen LogP contribution in [0.2, 0.25) is 0 Å². The molecule has 136 valence electrons. The van der Waals surface area contributed by atoms with Gasteiger partial charge < -0.3 is 5.32 Å². The molecule has 0 aromatic heterocycles. The molecule has 0 saturated carbocycles. The van der Waals surface area contributed by atoms with Crippen molar-refractivity contribution < 1.29 is 13.6 Å². The van der Waals surface area contributed by atoms with Crippen molar-refractivity contribution >= 4 is 5.91 Å². The molecule has 0 bridgehead atoms. The number of halogens is 2. The third-order valence-electron chi connectivity index (χ3n) is 4.28. The molecule has 1 unspecified atom stereocenters. The maximum Gasteiger partial charge on any atom is 0.270 e. The quantitative estimate of drug-likeness (QED) is 0.610. The Morgan fingerprint density at radius 2 is 2.04 bits per heavy atom. The van der Waals surface area contributed by atoms with Crippen LogP contribution in [0.1, 0.15) is 61.5 Å². The number of aryl methyl sites for hydroxylation is 1. The van der Waals surface area contributed by atoms with E-state index in [0.29, 0.717) is 11.5 Å². The van der Waals surface area contributed by atoms with Crippen molar-refractivity contribution in [1.29, 1.82) is 0 Å². The summed E-state index contributed by atoms with van der Waals surface area (Å²) in [5.74, 6) is -2.91. The van der Waals surface area contributed by atoms with Crippen molar-refractivity contribution in [2.24, 2.45) is 0 Å². The van der Waals surface area contributed by atoms with E-state index in [4.69, 9.17) is 0 Å². The molecule has 0 radical (unpaired) electrons. The minimum Gasteiger partial charge on any atom is -0.322 e. The van der Waals surface area contributed by atoms with Crippen LogP contribution in [0.3, 0.4) is 0 Å². The first-order chi connectivity index (χ1) is 11.6. The number of carbonyl (C=O) groups excluding carboxylic acids is 1. The van der Waals surface area contributed by atoms with Crippen LogP contribution in [-0.4, -0.2) is 11.8 Å². The first kappa shape index (κ1) is 20.8. The summed E-state index contributed by atoms with van der Waals surface area (Å²) in [5, 5.41) is 2.64. The summed E-state index contributed by atoms with van der Waals surface area (Å²) in [6, 6.07) is 5.53. The lowest BCUT2D eigenvalue weighted by Crippen LogP contribution is -2.23. The molecule has 0 fully saturated rings. The fourth-order valence-electron chi connectivity index (χ4n) is 2.57. The Hall–Kier alpha value is -2.23. The summed E-state index contributed by atoms with van der Waals surface area (Å²) in [5.41, 5.74) is 2.80. The van der Waals surface area contributed by atoms with Gasteiger partial charge in [0.1, 0.15) is 0 Å². The van der Waals surface area contributed by atoms with E-state index < -0.39 is 5.92 Å². The lowest BCUT2D eigenvalue weighted by atomic mass is 9.93. The number of alkyl halides is 2. The fraction of sp³-hybridized carbons (Fsp3) is 0.381. The van der Waals surface area contributed by atoms with Crippen molar-refractivity contribution in [3.8, 4) is 0 Å². The zero-order chi connectivity index (χ0) is 19.2. The third-order valence-corrected chi connectivity index (χ3v) is 4.28. The maximum atomic E-state index is 13.5. The van der Waals surface area contributed by atoms with Gasteiger partial charge in [-0.3, -0.25) is 4.79 Å². The zero-order valence-corrected chi connectivity index (χ0v) is 15.6. The molecule has 4 heteroatoms. The van der Waals surface area contributed by atoms with Gasteiger partial charge in [-0.15, -0.1) is 0 Å². The monoisotopic (exact) mass is 347 g/mol. The number of amides is 1. The van der Waals surface area contributed by atoms with E-state index in [9.17, 15) is 13.6 Å². The molecule has 0 spiro atoms. The molecule has 25 heavy (non-hydrogen) atoms. The Labute approximate surface area is 149 Å². The molecule has 1 N–H and O–H groups in total. The molecule has 1 aromatic carbocycles. The summed E-state index contributed by atoms with van der Waals surface area (Å²) in [6.45, 7) is 12.2. The van der Waals surface area contributed by atoms with E-state index in [1.165, 1.54) is 30.7 Å². The minimum absolute atomic E-state index is 0.175.